The van der Waals surface area contributed by atoms with Gasteiger partial charge in [0.05, 0.1) is 11.3 Å². The van der Waals surface area contributed by atoms with Crippen molar-refractivity contribution in [2.45, 2.75) is 65.5 Å². The predicted octanol–water partition coefficient (Wildman–Crippen LogP) is 2.36. The minimum Gasteiger partial charge on any atom is -0.376 e. The Morgan fingerprint density at radius 3 is 2.87 bits per heavy atom. The molecule has 0 aliphatic carbocycles. The number of hydrogen-bond donors (Lipinski definition) is 0. The third kappa shape index (κ3) is 3.32. The number of nitrogens with zero attached hydrogens (tertiary/aromatic N) is 4. The van der Waals surface area contributed by atoms with Crippen molar-refractivity contribution in [1.82, 2.24) is 19.2 Å². The maximum atomic E-state index is 12.5. The van der Waals surface area contributed by atoms with Crippen LogP contribution in [0.2, 0.25) is 0 Å². The second-order valence-corrected chi connectivity index (χ2v) is 7.16. The zero-order chi connectivity index (χ0) is 16.6. The van der Waals surface area contributed by atoms with Gasteiger partial charge in [-0.3, -0.25) is 9.48 Å². The average molecular weight is 318 g/mol. The molecule has 126 valence electrons. The Kier molecular flexibility index (Phi) is 4.27. The lowest BCUT2D eigenvalue weighted by Gasteiger charge is -2.35. The fourth-order valence-corrected chi connectivity index (χ4v) is 3.51. The molecule has 3 rings (SSSR count). The van der Waals surface area contributed by atoms with Gasteiger partial charge in [-0.15, -0.1) is 0 Å². The molecule has 3 heterocycles. The van der Waals surface area contributed by atoms with Crippen molar-refractivity contribution in [3.05, 3.63) is 27.9 Å². The van der Waals surface area contributed by atoms with Gasteiger partial charge in [0.2, 0.25) is 0 Å². The Morgan fingerprint density at radius 2 is 2.17 bits per heavy atom. The van der Waals surface area contributed by atoms with Crippen LogP contribution in [0, 0.1) is 12.8 Å². The van der Waals surface area contributed by atoms with Crippen molar-refractivity contribution in [3.63, 3.8) is 0 Å². The first-order valence-corrected chi connectivity index (χ1v) is 8.49. The van der Waals surface area contributed by atoms with Crippen LogP contribution in [0.4, 0.5) is 0 Å². The number of aromatic nitrogens is 4. The molecule has 1 fully saturated rings. The molecule has 1 aliphatic rings. The SMILES string of the molecule is CCCc1cc(=O)n2c(n1)nc(C)n2CC1CCOC(C)(C)C1. The molecule has 1 atom stereocenters. The van der Waals surface area contributed by atoms with E-state index >= 15 is 0 Å². The van der Waals surface area contributed by atoms with Gasteiger partial charge >= 0.3 is 0 Å². The van der Waals surface area contributed by atoms with Crippen molar-refractivity contribution in [1.29, 1.82) is 0 Å². The van der Waals surface area contributed by atoms with E-state index in [0.717, 1.165) is 50.4 Å². The van der Waals surface area contributed by atoms with E-state index in [0.29, 0.717) is 11.7 Å². The van der Waals surface area contributed by atoms with Crippen molar-refractivity contribution < 1.29 is 4.74 Å². The van der Waals surface area contributed by atoms with Crippen molar-refractivity contribution in [2.24, 2.45) is 5.92 Å². The van der Waals surface area contributed by atoms with Crippen LogP contribution in [0.1, 0.15) is 51.6 Å². The summed E-state index contributed by atoms with van der Waals surface area (Å²) in [5.74, 6) is 1.84. The van der Waals surface area contributed by atoms with E-state index < -0.39 is 0 Å². The maximum Gasteiger partial charge on any atom is 0.274 e. The molecule has 2 aromatic heterocycles. The van der Waals surface area contributed by atoms with E-state index in [2.05, 4.69) is 30.7 Å². The van der Waals surface area contributed by atoms with E-state index in [1.54, 1.807) is 10.6 Å². The van der Waals surface area contributed by atoms with Gasteiger partial charge in [-0.2, -0.15) is 9.50 Å². The summed E-state index contributed by atoms with van der Waals surface area (Å²) in [6.45, 7) is 9.84. The van der Waals surface area contributed by atoms with Gasteiger partial charge in [-0.1, -0.05) is 13.3 Å². The third-order valence-electron chi connectivity index (χ3n) is 4.55. The molecule has 1 aliphatic heterocycles. The van der Waals surface area contributed by atoms with Crippen molar-refractivity contribution in [2.75, 3.05) is 6.61 Å². The van der Waals surface area contributed by atoms with Gasteiger partial charge in [-0.25, -0.2) is 4.98 Å². The minimum absolute atomic E-state index is 0.0367. The summed E-state index contributed by atoms with van der Waals surface area (Å²) in [6.07, 6.45) is 3.78. The molecule has 1 unspecified atom stereocenters. The topological polar surface area (TPSA) is 61.4 Å². The smallest absolute Gasteiger partial charge is 0.274 e. The molecule has 0 radical (unpaired) electrons. The van der Waals surface area contributed by atoms with Gasteiger partial charge in [-0.05, 0) is 46.0 Å². The van der Waals surface area contributed by atoms with Crippen LogP contribution >= 0.6 is 0 Å². The highest BCUT2D eigenvalue weighted by atomic mass is 16.5. The molecular formula is C17H26N4O2. The summed E-state index contributed by atoms with van der Waals surface area (Å²) in [4.78, 5) is 21.6. The number of rotatable bonds is 4. The Bertz CT molecular complexity index is 760. The number of fused-ring (bicyclic) bond motifs is 1. The lowest BCUT2D eigenvalue weighted by molar-refractivity contribution is -0.0755. The van der Waals surface area contributed by atoms with Crippen LogP contribution in [0.5, 0.6) is 0 Å². The highest BCUT2D eigenvalue weighted by Crippen LogP contribution is 2.29. The summed E-state index contributed by atoms with van der Waals surface area (Å²) in [5, 5.41) is 0. The molecule has 0 saturated carbocycles. The molecule has 6 nitrogen and oxygen atoms in total. The molecule has 0 aromatic carbocycles. The Labute approximate surface area is 136 Å². The Morgan fingerprint density at radius 1 is 1.39 bits per heavy atom. The van der Waals surface area contributed by atoms with E-state index in [1.165, 1.54) is 0 Å². The van der Waals surface area contributed by atoms with Crippen LogP contribution in [-0.4, -0.2) is 31.4 Å². The van der Waals surface area contributed by atoms with Gasteiger partial charge < -0.3 is 4.74 Å². The van der Waals surface area contributed by atoms with Gasteiger partial charge in [0.1, 0.15) is 5.82 Å². The minimum atomic E-state index is -0.0925. The van der Waals surface area contributed by atoms with E-state index in [4.69, 9.17) is 4.74 Å². The molecule has 6 heteroatoms. The van der Waals surface area contributed by atoms with Crippen molar-refractivity contribution in [3.8, 4) is 0 Å². The van der Waals surface area contributed by atoms with Crippen LogP contribution in [0.15, 0.2) is 10.9 Å². The summed E-state index contributed by atoms with van der Waals surface area (Å²) in [7, 11) is 0. The van der Waals surface area contributed by atoms with E-state index in [9.17, 15) is 4.79 Å². The largest absolute Gasteiger partial charge is 0.376 e. The first-order valence-electron chi connectivity index (χ1n) is 8.49. The normalized spacial score (nSPS) is 21.0. The quantitative estimate of drug-likeness (QED) is 0.868. The highest BCUT2D eigenvalue weighted by molar-refractivity contribution is 5.28. The van der Waals surface area contributed by atoms with E-state index in [1.807, 2.05) is 11.6 Å². The lowest BCUT2D eigenvalue weighted by atomic mass is 9.88. The highest BCUT2D eigenvalue weighted by Gasteiger charge is 2.29. The Hall–Kier alpha value is -1.69. The fraction of sp³-hybridized carbons (Fsp3) is 0.706. The molecule has 23 heavy (non-hydrogen) atoms. The number of hydrogen-bond acceptors (Lipinski definition) is 4. The van der Waals surface area contributed by atoms with Gasteiger partial charge in [0.15, 0.2) is 0 Å². The van der Waals surface area contributed by atoms with E-state index in [-0.39, 0.29) is 11.2 Å². The molecule has 0 amide bonds. The van der Waals surface area contributed by atoms with Crippen LogP contribution in [0.25, 0.3) is 5.78 Å². The maximum absolute atomic E-state index is 12.5. The average Bonchev–Trinajstić information content (AvgIpc) is 2.74. The van der Waals surface area contributed by atoms with Crippen LogP contribution < -0.4 is 5.56 Å². The third-order valence-corrected chi connectivity index (χ3v) is 4.55. The zero-order valence-corrected chi connectivity index (χ0v) is 14.5. The van der Waals surface area contributed by atoms with Crippen LogP contribution in [0.3, 0.4) is 0 Å². The summed E-state index contributed by atoms with van der Waals surface area (Å²) in [6, 6.07) is 1.64. The first kappa shape index (κ1) is 16.2. The second kappa shape index (κ2) is 6.07. The molecule has 0 N–H and O–H groups in total. The van der Waals surface area contributed by atoms with Crippen LogP contribution in [-0.2, 0) is 17.7 Å². The standard InChI is InChI=1S/C17H26N4O2/c1-5-6-14-9-15(22)21-16(19-14)18-12(2)20(21)11-13-7-8-23-17(3,4)10-13/h9,13H,5-8,10-11H2,1-4H3. The summed E-state index contributed by atoms with van der Waals surface area (Å²) < 4.78 is 9.39. The second-order valence-electron chi connectivity index (χ2n) is 7.16. The molecular weight excluding hydrogens is 292 g/mol. The molecule has 0 spiro atoms. The molecule has 0 bridgehead atoms. The summed E-state index contributed by atoms with van der Waals surface area (Å²) in [5.41, 5.74) is 0.699. The predicted molar refractivity (Wildman–Crippen MR) is 88.7 cm³/mol. The lowest BCUT2D eigenvalue weighted by Crippen LogP contribution is -2.36. The fourth-order valence-electron chi connectivity index (χ4n) is 3.51. The summed E-state index contributed by atoms with van der Waals surface area (Å²) >= 11 is 0. The number of aryl methyl sites for hydroxylation is 2. The molecule has 1 saturated heterocycles. The van der Waals surface area contributed by atoms with Gasteiger partial charge in [0, 0.05) is 19.2 Å². The first-order chi connectivity index (χ1) is 10.9. The number of ether oxygens (including phenoxy) is 1. The monoisotopic (exact) mass is 318 g/mol. The van der Waals surface area contributed by atoms with Gasteiger partial charge in [0.25, 0.3) is 11.3 Å². The zero-order valence-electron chi connectivity index (χ0n) is 14.5. The van der Waals surface area contributed by atoms with Crippen molar-refractivity contribution >= 4 is 5.78 Å². The molecule has 2 aromatic rings. The Balaban J connectivity index is 1.95.